The fourth-order valence-electron chi connectivity index (χ4n) is 3.05. The van der Waals surface area contributed by atoms with Gasteiger partial charge in [-0.15, -0.1) is 0 Å². The van der Waals surface area contributed by atoms with Crippen LogP contribution in [0.4, 0.5) is 0 Å². The van der Waals surface area contributed by atoms with E-state index in [1.807, 2.05) is 6.20 Å². The lowest BCUT2D eigenvalue weighted by Gasteiger charge is -2.12. The van der Waals surface area contributed by atoms with Gasteiger partial charge in [0.2, 0.25) is 0 Å². The molecule has 1 aliphatic rings. The second kappa shape index (κ2) is 5.80. The second-order valence-electron chi connectivity index (χ2n) is 5.91. The van der Waals surface area contributed by atoms with E-state index in [0.717, 1.165) is 18.1 Å². The quantitative estimate of drug-likeness (QED) is 0.868. The fourth-order valence-corrected chi connectivity index (χ4v) is 3.05. The van der Waals surface area contributed by atoms with Crippen molar-refractivity contribution in [3.8, 4) is 11.3 Å². The molecule has 1 aromatic carbocycles. The maximum absolute atomic E-state index is 4.60. The van der Waals surface area contributed by atoms with Crippen molar-refractivity contribution in [3.05, 3.63) is 41.3 Å². The number of benzene rings is 1. The summed E-state index contributed by atoms with van der Waals surface area (Å²) >= 11 is 0. The predicted molar refractivity (Wildman–Crippen MR) is 82.7 cm³/mol. The minimum Gasteiger partial charge on any atom is -0.341 e. The SMILES string of the molecule is Cc1cc(C)cc(-c2cnc(C3CCCCCN3)[nH]2)c1. The Kier molecular flexibility index (Phi) is 3.88. The molecular formula is C17H23N3. The van der Waals surface area contributed by atoms with Crippen molar-refractivity contribution in [2.24, 2.45) is 0 Å². The summed E-state index contributed by atoms with van der Waals surface area (Å²) in [6, 6.07) is 7.01. The van der Waals surface area contributed by atoms with Crippen LogP contribution in [0, 0.1) is 13.8 Å². The molecule has 0 radical (unpaired) electrons. The summed E-state index contributed by atoms with van der Waals surface area (Å²) in [5.74, 6) is 1.08. The lowest BCUT2D eigenvalue weighted by Crippen LogP contribution is -2.21. The Bertz CT molecular complexity index is 557. The standard InChI is InChI=1S/C17H23N3/c1-12-8-13(2)10-14(9-12)16-11-19-17(20-16)15-6-4-3-5-7-18-15/h8-11,15,18H,3-7H2,1-2H3,(H,19,20). The number of nitrogens with zero attached hydrogens (tertiary/aromatic N) is 1. The number of hydrogen-bond donors (Lipinski definition) is 2. The van der Waals surface area contributed by atoms with Gasteiger partial charge in [-0.25, -0.2) is 4.98 Å². The molecule has 3 heteroatoms. The van der Waals surface area contributed by atoms with Gasteiger partial charge in [-0.05, 0) is 45.4 Å². The van der Waals surface area contributed by atoms with Crippen molar-refractivity contribution < 1.29 is 0 Å². The molecule has 0 spiro atoms. The predicted octanol–water partition coefficient (Wildman–Crippen LogP) is 3.90. The van der Waals surface area contributed by atoms with Gasteiger partial charge in [0.1, 0.15) is 5.82 Å². The average Bonchev–Trinajstić information content (AvgIpc) is 2.74. The van der Waals surface area contributed by atoms with Gasteiger partial charge in [-0.2, -0.15) is 0 Å². The number of rotatable bonds is 2. The minimum atomic E-state index is 0.386. The van der Waals surface area contributed by atoms with E-state index in [-0.39, 0.29) is 0 Å². The number of hydrogen-bond acceptors (Lipinski definition) is 2. The minimum absolute atomic E-state index is 0.386. The second-order valence-corrected chi connectivity index (χ2v) is 5.91. The summed E-state index contributed by atoms with van der Waals surface area (Å²) in [6.45, 7) is 5.38. The van der Waals surface area contributed by atoms with Crippen LogP contribution >= 0.6 is 0 Å². The van der Waals surface area contributed by atoms with E-state index in [0.29, 0.717) is 6.04 Å². The van der Waals surface area contributed by atoms with Crippen LogP contribution in [0.1, 0.15) is 48.7 Å². The Morgan fingerprint density at radius 1 is 1.05 bits per heavy atom. The Balaban J connectivity index is 1.85. The third kappa shape index (κ3) is 2.93. The molecule has 2 aromatic rings. The van der Waals surface area contributed by atoms with Gasteiger partial charge in [-0.3, -0.25) is 0 Å². The molecule has 1 fully saturated rings. The zero-order valence-corrected chi connectivity index (χ0v) is 12.4. The van der Waals surface area contributed by atoms with Gasteiger partial charge in [-0.1, -0.05) is 30.0 Å². The summed E-state index contributed by atoms with van der Waals surface area (Å²) in [5.41, 5.74) is 4.94. The molecule has 3 rings (SSSR count). The number of imidazole rings is 1. The molecule has 1 unspecified atom stereocenters. The molecule has 106 valence electrons. The summed E-state index contributed by atoms with van der Waals surface area (Å²) in [5, 5.41) is 3.59. The Labute approximate surface area is 120 Å². The Morgan fingerprint density at radius 3 is 2.65 bits per heavy atom. The molecule has 0 amide bonds. The first kappa shape index (κ1) is 13.4. The highest BCUT2D eigenvalue weighted by Crippen LogP contribution is 2.25. The van der Waals surface area contributed by atoms with Crippen molar-refractivity contribution in [2.75, 3.05) is 6.54 Å². The fraction of sp³-hybridized carbons (Fsp3) is 0.471. The van der Waals surface area contributed by atoms with Gasteiger partial charge in [0.25, 0.3) is 0 Å². The molecule has 20 heavy (non-hydrogen) atoms. The molecule has 2 heterocycles. The van der Waals surface area contributed by atoms with Crippen LogP contribution in [-0.2, 0) is 0 Å². The van der Waals surface area contributed by atoms with E-state index in [1.165, 1.54) is 42.4 Å². The van der Waals surface area contributed by atoms with Crippen molar-refractivity contribution in [1.82, 2.24) is 15.3 Å². The lowest BCUT2D eigenvalue weighted by atomic mass is 10.1. The number of aromatic amines is 1. The van der Waals surface area contributed by atoms with Gasteiger partial charge < -0.3 is 10.3 Å². The first-order valence-corrected chi connectivity index (χ1v) is 7.59. The molecule has 1 aromatic heterocycles. The van der Waals surface area contributed by atoms with Gasteiger partial charge in [0.05, 0.1) is 17.9 Å². The third-order valence-electron chi connectivity index (χ3n) is 4.02. The van der Waals surface area contributed by atoms with Crippen LogP contribution in [-0.4, -0.2) is 16.5 Å². The van der Waals surface area contributed by atoms with Crippen molar-refractivity contribution in [2.45, 2.75) is 45.6 Å². The number of aryl methyl sites for hydroxylation is 2. The molecule has 0 aliphatic carbocycles. The van der Waals surface area contributed by atoms with Crippen LogP contribution in [0.2, 0.25) is 0 Å². The van der Waals surface area contributed by atoms with E-state index in [1.54, 1.807) is 0 Å². The summed E-state index contributed by atoms with van der Waals surface area (Å²) in [4.78, 5) is 8.11. The van der Waals surface area contributed by atoms with Crippen LogP contribution in [0.3, 0.4) is 0 Å². The summed E-state index contributed by atoms with van der Waals surface area (Å²) in [6.07, 6.45) is 7.04. The zero-order chi connectivity index (χ0) is 13.9. The number of H-pyrrole nitrogens is 1. The number of aromatic nitrogens is 2. The highest BCUT2D eigenvalue weighted by atomic mass is 15.0. The molecule has 1 saturated heterocycles. The Morgan fingerprint density at radius 2 is 1.85 bits per heavy atom. The molecule has 3 nitrogen and oxygen atoms in total. The van der Waals surface area contributed by atoms with Crippen LogP contribution < -0.4 is 5.32 Å². The molecule has 1 atom stereocenters. The van der Waals surface area contributed by atoms with Gasteiger partial charge in [0.15, 0.2) is 0 Å². The van der Waals surface area contributed by atoms with Crippen molar-refractivity contribution >= 4 is 0 Å². The largest absolute Gasteiger partial charge is 0.341 e. The summed E-state index contributed by atoms with van der Waals surface area (Å²) in [7, 11) is 0. The zero-order valence-electron chi connectivity index (χ0n) is 12.4. The van der Waals surface area contributed by atoms with Crippen molar-refractivity contribution in [1.29, 1.82) is 0 Å². The monoisotopic (exact) mass is 269 g/mol. The first-order valence-electron chi connectivity index (χ1n) is 7.59. The molecule has 1 aliphatic heterocycles. The molecular weight excluding hydrogens is 246 g/mol. The molecule has 2 N–H and O–H groups in total. The number of nitrogens with one attached hydrogen (secondary N) is 2. The van der Waals surface area contributed by atoms with Crippen LogP contribution in [0.25, 0.3) is 11.3 Å². The highest BCUT2D eigenvalue weighted by molar-refractivity contribution is 5.60. The van der Waals surface area contributed by atoms with Crippen LogP contribution in [0.15, 0.2) is 24.4 Å². The lowest BCUT2D eigenvalue weighted by molar-refractivity contribution is 0.512. The van der Waals surface area contributed by atoms with Crippen molar-refractivity contribution in [3.63, 3.8) is 0 Å². The normalized spacial score (nSPS) is 19.8. The maximum Gasteiger partial charge on any atom is 0.123 e. The van der Waals surface area contributed by atoms with Crippen LogP contribution in [0.5, 0.6) is 0 Å². The maximum atomic E-state index is 4.60. The topological polar surface area (TPSA) is 40.7 Å². The molecule has 0 bridgehead atoms. The van der Waals surface area contributed by atoms with E-state index in [2.05, 4.69) is 47.3 Å². The summed E-state index contributed by atoms with van der Waals surface area (Å²) < 4.78 is 0. The van der Waals surface area contributed by atoms with Gasteiger partial charge >= 0.3 is 0 Å². The van der Waals surface area contributed by atoms with Gasteiger partial charge in [0, 0.05) is 5.56 Å². The molecule has 0 saturated carbocycles. The average molecular weight is 269 g/mol. The third-order valence-corrected chi connectivity index (χ3v) is 4.02. The van der Waals surface area contributed by atoms with E-state index in [4.69, 9.17) is 0 Å². The highest BCUT2D eigenvalue weighted by Gasteiger charge is 2.16. The van der Waals surface area contributed by atoms with E-state index in [9.17, 15) is 0 Å². The van der Waals surface area contributed by atoms with E-state index >= 15 is 0 Å². The Hall–Kier alpha value is -1.61. The first-order chi connectivity index (χ1) is 9.72. The smallest absolute Gasteiger partial charge is 0.123 e. The van der Waals surface area contributed by atoms with E-state index < -0.39 is 0 Å².